The average Bonchev–Trinajstić information content (AvgIpc) is 2.31. The van der Waals surface area contributed by atoms with Crippen LogP contribution in [0.4, 0.5) is 14.5 Å². The summed E-state index contributed by atoms with van der Waals surface area (Å²) >= 11 is 5.76. The number of nitrogens with one attached hydrogen (secondary N) is 1. The SMILES string of the molecule is CC(N)C(C)C(=O)Nc1ccc(OC(F)F)c(Cl)c1. The van der Waals surface area contributed by atoms with Gasteiger partial charge in [0.2, 0.25) is 5.91 Å². The fraction of sp³-hybridized carbons (Fsp3) is 0.417. The molecule has 0 aliphatic heterocycles. The summed E-state index contributed by atoms with van der Waals surface area (Å²) in [5, 5.41) is 2.59. The number of hydrogen-bond acceptors (Lipinski definition) is 3. The van der Waals surface area contributed by atoms with Gasteiger partial charge in [-0.15, -0.1) is 0 Å². The molecule has 1 aromatic carbocycles. The number of carbonyl (C=O) groups excluding carboxylic acids is 1. The molecule has 1 amide bonds. The summed E-state index contributed by atoms with van der Waals surface area (Å²) in [6.07, 6.45) is 0. The normalized spacial score (nSPS) is 14.1. The summed E-state index contributed by atoms with van der Waals surface area (Å²) in [6, 6.07) is 3.73. The summed E-state index contributed by atoms with van der Waals surface area (Å²) in [7, 11) is 0. The van der Waals surface area contributed by atoms with E-state index in [1.807, 2.05) is 0 Å². The topological polar surface area (TPSA) is 64.4 Å². The van der Waals surface area contributed by atoms with E-state index in [-0.39, 0.29) is 28.6 Å². The number of ether oxygens (including phenoxy) is 1. The number of amides is 1. The third-order valence-corrected chi connectivity index (χ3v) is 2.91. The lowest BCUT2D eigenvalue weighted by Gasteiger charge is -2.16. The molecule has 0 heterocycles. The highest BCUT2D eigenvalue weighted by molar-refractivity contribution is 6.32. The number of benzene rings is 1. The molecule has 0 bridgehead atoms. The van der Waals surface area contributed by atoms with Crippen molar-refractivity contribution in [2.75, 3.05) is 5.32 Å². The van der Waals surface area contributed by atoms with Crippen LogP contribution in [0.1, 0.15) is 13.8 Å². The van der Waals surface area contributed by atoms with Crippen LogP contribution in [0.2, 0.25) is 5.02 Å². The van der Waals surface area contributed by atoms with E-state index in [0.717, 1.165) is 0 Å². The molecule has 0 radical (unpaired) electrons. The van der Waals surface area contributed by atoms with Gasteiger partial charge in [0.05, 0.1) is 10.9 Å². The lowest BCUT2D eigenvalue weighted by atomic mass is 10.0. The van der Waals surface area contributed by atoms with Crippen LogP contribution in [-0.4, -0.2) is 18.6 Å². The van der Waals surface area contributed by atoms with Gasteiger partial charge in [-0.05, 0) is 25.1 Å². The summed E-state index contributed by atoms with van der Waals surface area (Å²) in [5.41, 5.74) is 6.00. The van der Waals surface area contributed by atoms with Crippen molar-refractivity contribution in [3.05, 3.63) is 23.2 Å². The molecule has 0 aliphatic rings. The van der Waals surface area contributed by atoms with Crippen molar-refractivity contribution in [1.82, 2.24) is 0 Å². The number of alkyl halides is 2. The Labute approximate surface area is 114 Å². The Bertz CT molecular complexity index is 455. The van der Waals surface area contributed by atoms with Gasteiger partial charge >= 0.3 is 6.61 Å². The van der Waals surface area contributed by atoms with E-state index in [1.54, 1.807) is 13.8 Å². The van der Waals surface area contributed by atoms with Crippen LogP contribution >= 0.6 is 11.6 Å². The minimum Gasteiger partial charge on any atom is -0.433 e. The third-order valence-electron chi connectivity index (χ3n) is 2.62. The number of hydrogen-bond donors (Lipinski definition) is 2. The van der Waals surface area contributed by atoms with Gasteiger partial charge < -0.3 is 15.8 Å². The predicted octanol–water partition coefficient (Wildman–Crippen LogP) is 2.86. The molecule has 1 aromatic rings. The molecule has 0 spiro atoms. The second-order valence-corrected chi connectivity index (χ2v) is 4.57. The van der Waals surface area contributed by atoms with E-state index in [4.69, 9.17) is 17.3 Å². The molecule has 0 saturated heterocycles. The standard InChI is InChI=1S/C12H15ClF2N2O2/c1-6(7(2)16)11(18)17-8-3-4-10(9(13)5-8)19-12(14)15/h3-7,12H,16H2,1-2H3,(H,17,18). The monoisotopic (exact) mass is 292 g/mol. The molecule has 106 valence electrons. The Kier molecular flexibility index (Phi) is 5.50. The summed E-state index contributed by atoms with van der Waals surface area (Å²) in [5.74, 6) is -0.792. The Morgan fingerprint density at radius 3 is 2.53 bits per heavy atom. The minimum absolute atomic E-state index is 0.00782. The highest BCUT2D eigenvalue weighted by Gasteiger charge is 2.17. The van der Waals surface area contributed by atoms with Crippen molar-refractivity contribution in [3.8, 4) is 5.75 Å². The molecular weight excluding hydrogens is 278 g/mol. The van der Waals surface area contributed by atoms with Crippen LogP contribution < -0.4 is 15.8 Å². The second-order valence-electron chi connectivity index (χ2n) is 4.16. The average molecular weight is 293 g/mol. The van der Waals surface area contributed by atoms with E-state index >= 15 is 0 Å². The van der Waals surface area contributed by atoms with Crippen LogP contribution in [0.25, 0.3) is 0 Å². The first-order valence-corrected chi connectivity index (χ1v) is 6.00. The molecule has 2 unspecified atom stereocenters. The van der Waals surface area contributed by atoms with Crippen LogP contribution in [0.15, 0.2) is 18.2 Å². The molecule has 4 nitrogen and oxygen atoms in total. The van der Waals surface area contributed by atoms with Crippen molar-refractivity contribution in [2.24, 2.45) is 11.7 Å². The zero-order valence-corrected chi connectivity index (χ0v) is 11.2. The zero-order chi connectivity index (χ0) is 14.6. The zero-order valence-electron chi connectivity index (χ0n) is 10.5. The fourth-order valence-corrected chi connectivity index (χ4v) is 1.49. The largest absolute Gasteiger partial charge is 0.433 e. The fourth-order valence-electron chi connectivity index (χ4n) is 1.27. The molecular formula is C12H15ClF2N2O2. The predicted molar refractivity (Wildman–Crippen MR) is 69.5 cm³/mol. The minimum atomic E-state index is -2.95. The quantitative estimate of drug-likeness (QED) is 0.877. The number of carbonyl (C=O) groups is 1. The Morgan fingerprint density at radius 2 is 2.05 bits per heavy atom. The van der Waals surface area contributed by atoms with Gasteiger partial charge in [0.1, 0.15) is 5.75 Å². The maximum Gasteiger partial charge on any atom is 0.387 e. The summed E-state index contributed by atoms with van der Waals surface area (Å²) in [6.45, 7) is 0.461. The maximum absolute atomic E-state index is 12.0. The molecule has 0 saturated carbocycles. The summed E-state index contributed by atoms with van der Waals surface area (Å²) in [4.78, 5) is 11.7. The van der Waals surface area contributed by atoms with Gasteiger partial charge in [0.25, 0.3) is 0 Å². The maximum atomic E-state index is 12.0. The highest BCUT2D eigenvalue weighted by Crippen LogP contribution is 2.29. The molecule has 7 heteroatoms. The van der Waals surface area contributed by atoms with E-state index < -0.39 is 6.61 Å². The van der Waals surface area contributed by atoms with Crippen molar-refractivity contribution in [3.63, 3.8) is 0 Å². The molecule has 1 rings (SSSR count). The summed E-state index contributed by atoms with van der Waals surface area (Å²) < 4.78 is 28.3. The van der Waals surface area contributed by atoms with Crippen LogP contribution in [0.3, 0.4) is 0 Å². The first kappa shape index (κ1) is 15.7. The van der Waals surface area contributed by atoms with Gasteiger partial charge in [0.15, 0.2) is 0 Å². The van der Waals surface area contributed by atoms with Gasteiger partial charge in [-0.25, -0.2) is 0 Å². The van der Waals surface area contributed by atoms with Crippen molar-refractivity contribution in [2.45, 2.75) is 26.5 Å². The van der Waals surface area contributed by atoms with Gasteiger partial charge in [0, 0.05) is 11.7 Å². The molecule has 0 fully saturated rings. The smallest absolute Gasteiger partial charge is 0.387 e. The number of rotatable bonds is 5. The van der Waals surface area contributed by atoms with Crippen molar-refractivity contribution < 1.29 is 18.3 Å². The van der Waals surface area contributed by atoms with Gasteiger partial charge in [-0.2, -0.15) is 8.78 Å². The van der Waals surface area contributed by atoms with Crippen LogP contribution in [0, 0.1) is 5.92 Å². The highest BCUT2D eigenvalue weighted by atomic mass is 35.5. The van der Waals surface area contributed by atoms with Crippen molar-refractivity contribution in [1.29, 1.82) is 0 Å². The van der Waals surface area contributed by atoms with E-state index in [0.29, 0.717) is 5.69 Å². The number of anilines is 1. The molecule has 19 heavy (non-hydrogen) atoms. The lowest BCUT2D eigenvalue weighted by Crippen LogP contribution is -2.34. The first-order valence-electron chi connectivity index (χ1n) is 5.62. The number of halogens is 3. The molecule has 0 aliphatic carbocycles. The third kappa shape index (κ3) is 4.65. The Balaban J connectivity index is 2.76. The Morgan fingerprint density at radius 1 is 1.42 bits per heavy atom. The number of nitrogens with two attached hydrogens (primary N) is 1. The second kappa shape index (κ2) is 6.68. The van der Waals surface area contributed by atoms with E-state index in [1.165, 1.54) is 18.2 Å². The van der Waals surface area contributed by atoms with Crippen LogP contribution in [0.5, 0.6) is 5.75 Å². The Hall–Kier alpha value is -1.40. The van der Waals surface area contributed by atoms with E-state index in [2.05, 4.69) is 10.1 Å². The van der Waals surface area contributed by atoms with Gasteiger partial charge in [-0.1, -0.05) is 18.5 Å². The van der Waals surface area contributed by atoms with E-state index in [9.17, 15) is 13.6 Å². The van der Waals surface area contributed by atoms with Gasteiger partial charge in [-0.3, -0.25) is 4.79 Å². The first-order chi connectivity index (χ1) is 8.81. The molecule has 3 N–H and O–H groups in total. The molecule has 0 aromatic heterocycles. The molecule has 2 atom stereocenters. The lowest BCUT2D eigenvalue weighted by molar-refractivity contribution is -0.119. The van der Waals surface area contributed by atoms with Crippen LogP contribution in [-0.2, 0) is 4.79 Å². The van der Waals surface area contributed by atoms with Crippen molar-refractivity contribution >= 4 is 23.2 Å².